The Morgan fingerprint density at radius 1 is 1.23 bits per heavy atom. The molecule has 2 aromatic rings. The van der Waals surface area contributed by atoms with E-state index in [-0.39, 0.29) is 11.7 Å². The molecular formula is C24H29FN4O. The van der Waals surface area contributed by atoms with Crippen molar-refractivity contribution in [1.29, 1.82) is 0 Å². The number of hydrogen-bond donors (Lipinski definition) is 2. The third-order valence-electron chi connectivity index (χ3n) is 6.18. The molecule has 5 nitrogen and oxygen atoms in total. The Morgan fingerprint density at radius 2 is 2.03 bits per heavy atom. The fourth-order valence-corrected chi connectivity index (χ4v) is 4.56. The van der Waals surface area contributed by atoms with Crippen LogP contribution in [0.5, 0.6) is 0 Å². The van der Waals surface area contributed by atoms with E-state index in [1.807, 2.05) is 6.07 Å². The normalized spacial score (nSPS) is 19.5. The van der Waals surface area contributed by atoms with Gasteiger partial charge in [-0.25, -0.2) is 4.39 Å². The second-order valence-corrected chi connectivity index (χ2v) is 7.96. The Hall–Kier alpha value is -2.86. The highest BCUT2D eigenvalue weighted by Gasteiger charge is 2.27. The van der Waals surface area contributed by atoms with Crippen molar-refractivity contribution in [2.45, 2.75) is 33.2 Å². The van der Waals surface area contributed by atoms with Gasteiger partial charge >= 0.3 is 0 Å². The highest BCUT2D eigenvalue weighted by Crippen LogP contribution is 2.33. The Labute approximate surface area is 177 Å². The minimum atomic E-state index is -0.357. The van der Waals surface area contributed by atoms with E-state index < -0.39 is 0 Å². The van der Waals surface area contributed by atoms with Crippen LogP contribution in [-0.4, -0.2) is 43.0 Å². The number of amides is 1. The molecule has 0 radical (unpaired) electrons. The summed E-state index contributed by atoms with van der Waals surface area (Å²) in [5.41, 5.74) is 5.02. The lowest BCUT2D eigenvalue weighted by Crippen LogP contribution is -2.37. The van der Waals surface area contributed by atoms with Gasteiger partial charge < -0.3 is 15.5 Å². The predicted molar refractivity (Wildman–Crippen MR) is 121 cm³/mol. The summed E-state index contributed by atoms with van der Waals surface area (Å²) in [4.78, 5) is 17.2. The van der Waals surface area contributed by atoms with Crippen LogP contribution in [0.1, 0.15) is 31.4 Å². The monoisotopic (exact) mass is 408 g/mol. The van der Waals surface area contributed by atoms with Gasteiger partial charge in [-0.3, -0.25) is 9.69 Å². The number of nitrogens with one attached hydrogen (secondary N) is 2. The highest BCUT2D eigenvalue weighted by atomic mass is 19.1. The van der Waals surface area contributed by atoms with Crippen LogP contribution in [0, 0.1) is 12.7 Å². The van der Waals surface area contributed by atoms with Gasteiger partial charge in [0, 0.05) is 48.0 Å². The number of likely N-dealkylation sites (N-methyl/N-ethyl adjacent to an activating group) is 1. The first-order valence-electron chi connectivity index (χ1n) is 10.7. The maximum absolute atomic E-state index is 13.6. The fourth-order valence-electron chi connectivity index (χ4n) is 4.56. The van der Waals surface area contributed by atoms with E-state index in [1.54, 1.807) is 12.3 Å². The molecule has 1 fully saturated rings. The first kappa shape index (κ1) is 20.4. The molecule has 0 aliphatic carbocycles. The smallest absolute Gasteiger partial charge is 0.257 e. The molecule has 2 heterocycles. The minimum Gasteiger partial charge on any atom is -0.370 e. The number of carbonyl (C=O) groups excluding carboxylic acids is 1. The molecule has 158 valence electrons. The number of aryl methyl sites for hydroxylation is 1. The maximum atomic E-state index is 13.6. The van der Waals surface area contributed by atoms with Gasteiger partial charge in [-0.1, -0.05) is 13.8 Å². The van der Waals surface area contributed by atoms with Crippen LogP contribution >= 0.6 is 0 Å². The molecule has 1 unspecified atom stereocenters. The second-order valence-electron chi connectivity index (χ2n) is 7.96. The third-order valence-corrected chi connectivity index (χ3v) is 6.18. The molecule has 1 saturated heterocycles. The molecule has 0 spiro atoms. The van der Waals surface area contributed by atoms with E-state index in [0.717, 1.165) is 31.9 Å². The van der Waals surface area contributed by atoms with Gasteiger partial charge in [0.15, 0.2) is 0 Å². The second kappa shape index (κ2) is 8.48. The molecule has 2 aliphatic heterocycles. The van der Waals surface area contributed by atoms with Crippen molar-refractivity contribution < 1.29 is 9.18 Å². The lowest BCUT2D eigenvalue weighted by Gasteiger charge is -2.27. The van der Waals surface area contributed by atoms with Gasteiger partial charge in [0.2, 0.25) is 0 Å². The topological polar surface area (TPSA) is 47.6 Å². The number of anilines is 3. The average Bonchev–Trinajstić information content (AvgIpc) is 3.32. The van der Waals surface area contributed by atoms with Gasteiger partial charge in [0.1, 0.15) is 5.82 Å². The van der Waals surface area contributed by atoms with Gasteiger partial charge in [-0.15, -0.1) is 0 Å². The number of benzene rings is 2. The van der Waals surface area contributed by atoms with Crippen molar-refractivity contribution in [3.63, 3.8) is 0 Å². The molecule has 1 amide bonds. The summed E-state index contributed by atoms with van der Waals surface area (Å²) < 4.78 is 13.6. The molecule has 0 saturated carbocycles. The van der Waals surface area contributed by atoms with Gasteiger partial charge in [0.05, 0.1) is 5.57 Å². The average molecular weight is 409 g/mol. The molecule has 2 aromatic carbocycles. The van der Waals surface area contributed by atoms with Gasteiger partial charge in [-0.2, -0.15) is 0 Å². The van der Waals surface area contributed by atoms with Crippen molar-refractivity contribution >= 4 is 28.5 Å². The molecule has 2 aliphatic rings. The fraction of sp³-hybridized carbons (Fsp3) is 0.375. The van der Waals surface area contributed by atoms with Crippen LogP contribution in [0.2, 0.25) is 0 Å². The van der Waals surface area contributed by atoms with Gasteiger partial charge in [0.25, 0.3) is 5.91 Å². The summed E-state index contributed by atoms with van der Waals surface area (Å²) in [7, 11) is 0. The van der Waals surface area contributed by atoms with E-state index in [0.29, 0.717) is 22.9 Å². The number of nitrogens with zero attached hydrogens (tertiary/aromatic N) is 2. The standard InChI is InChI=1S/C24H29FN4O/c1-4-28(5-2)19-10-11-29(15-19)23-9-7-18(12-16(23)3)26-14-21-20-13-17(25)6-8-22(20)27-24(21)30/h6-9,12-14,19,26H,4-5,10-11,15H2,1-3H3,(H,27,30). The molecule has 0 bridgehead atoms. The summed E-state index contributed by atoms with van der Waals surface area (Å²) in [5, 5.41) is 5.98. The minimum absolute atomic E-state index is 0.226. The van der Waals surface area contributed by atoms with E-state index in [4.69, 9.17) is 0 Å². The zero-order chi connectivity index (χ0) is 21.3. The summed E-state index contributed by atoms with van der Waals surface area (Å²) >= 11 is 0. The van der Waals surface area contributed by atoms with Crippen molar-refractivity contribution in [3.8, 4) is 0 Å². The van der Waals surface area contributed by atoms with Crippen LogP contribution in [0.3, 0.4) is 0 Å². The lowest BCUT2D eigenvalue weighted by atomic mass is 10.1. The third kappa shape index (κ3) is 3.92. The zero-order valence-electron chi connectivity index (χ0n) is 17.8. The molecule has 2 N–H and O–H groups in total. The molecule has 6 heteroatoms. The molecule has 0 aromatic heterocycles. The first-order chi connectivity index (χ1) is 14.5. The van der Waals surface area contributed by atoms with Crippen molar-refractivity contribution in [1.82, 2.24) is 4.90 Å². The van der Waals surface area contributed by atoms with Crippen LogP contribution in [0.4, 0.5) is 21.5 Å². The van der Waals surface area contributed by atoms with Crippen molar-refractivity contribution in [3.05, 3.63) is 59.5 Å². The van der Waals surface area contributed by atoms with Crippen molar-refractivity contribution in [2.75, 3.05) is 41.7 Å². The highest BCUT2D eigenvalue weighted by molar-refractivity contribution is 6.31. The summed E-state index contributed by atoms with van der Waals surface area (Å²) in [5.74, 6) is -0.582. The number of rotatable bonds is 6. The summed E-state index contributed by atoms with van der Waals surface area (Å²) in [6.07, 6.45) is 2.85. The Bertz CT molecular complexity index is 983. The Morgan fingerprint density at radius 3 is 2.77 bits per heavy atom. The summed E-state index contributed by atoms with van der Waals surface area (Å²) in [6.45, 7) is 10.9. The zero-order valence-corrected chi connectivity index (χ0v) is 17.8. The molecular weight excluding hydrogens is 379 g/mol. The number of hydrogen-bond acceptors (Lipinski definition) is 4. The van der Waals surface area contributed by atoms with E-state index >= 15 is 0 Å². The Kier molecular flexibility index (Phi) is 5.77. The quantitative estimate of drug-likeness (QED) is 0.693. The number of carbonyl (C=O) groups is 1. The largest absolute Gasteiger partial charge is 0.370 e. The summed E-state index contributed by atoms with van der Waals surface area (Å²) in [6, 6.07) is 11.2. The van der Waals surface area contributed by atoms with E-state index in [9.17, 15) is 9.18 Å². The predicted octanol–water partition coefficient (Wildman–Crippen LogP) is 4.46. The van der Waals surface area contributed by atoms with Gasteiger partial charge in [-0.05, 0) is 68.4 Å². The SMILES string of the molecule is CCN(CC)C1CCN(c2ccc(NC=C3C(=O)Nc4ccc(F)cc43)cc2C)C1. The molecule has 4 rings (SSSR count). The molecule has 1 atom stereocenters. The van der Waals surface area contributed by atoms with Crippen LogP contribution in [0.25, 0.3) is 5.57 Å². The number of fused-ring (bicyclic) bond motifs is 1. The van der Waals surface area contributed by atoms with E-state index in [2.05, 4.69) is 53.3 Å². The van der Waals surface area contributed by atoms with Crippen LogP contribution in [-0.2, 0) is 4.79 Å². The maximum Gasteiger partial charge on any atom is 0.257 e. The van der Waals surface area contributed by atoms with Crippen LogP contribution in [0.15, 0.2) is 42.6 Å². The van der Waals surface area contributed by atoms with Crippen LogP contribution < -0.4 is 15.5 Å². The molecule has 30 heavy (non-hydrogen) atoms. The lowest BCUT2D eigenvalue weighted by molar-refractivity contribution is -0.110. The van der Waals surface area contributed by atoms with E-state index in [1.165, 1.54) is 29.8 Å². The van der Waals surface area contributed by atoms with Crippen molar-refractivity contribution in [2.24, 2.45) is 0 Å². The first-order valence-corrected chi connectivity index (χ1v) is 10.7. The number of halogens is 1. The Balaban J connectivity index is 1.48.